The molecule has 5 heteroatoms. The highest BCUT2D eigenvalue weighted by Crippen LogP contribution is 2.45. The minimum atomic E-state index is -0.702. The van der Waals surface area contributed by atoms with Gasteiger partial charge in [-0.05, 0) is 59.3 Å². The van der Waals surface area contributed by atoms with E-state index < -0.39 is 11.4 Å². The number of halogens is 1. The molecule has 2 saturated carbocycles. The molecule has 2 aliphatic carbocycles. The van der Waals surface area contributed by atoms with Gasteiger partial charge in [0.05, 0.1) is 27.5 Å². The first-order valence-corrected chi connectivity index (χ1v) is 8.49. The van der Waals surface area contributed by atoms with Crippen LogP contribution in [0.15, 0.2) is 34.9 Å². The molecule has 1 aromatic carbocycles. The van der Waals surface area contributed by atoms with Crippen LogP contribution in [0.5, 0.6) is 0 Å². The molecule has 0 atom stereocenters. The Hall–Kier alpha value is -1.62. The van der Waals surface area contributed by atoms with Gasteiger partial charge >= 0.3 is 5.97 Å². The lowest BCUT2D eigenvalue weighted by Gasteiger charge is -2.38. The lowest BCUT2D eigenvalue weighted by molar-refractivity contribution is -0.147. The Bertz CT molecular complexity index is 728. The van der Waals surface area contributed by atoms with E-state index in [0.717, 1.165) is 35.0 Å². The van der Waals surface area contributed by atoms with E-state index in [1.165, 1.54) is 18.5 Å². The van der Waals surface area contributed by atoms with E-state index in [1.54, 1.807) is 0 Å². The van der Waals surface area contributed by atoms with E-state index in [2.05, 4.69) is 21.0 Å². The third kappa shape index (κ3) is 2.02. The number of hydrogen-bond acceptors (Lipinski definition) is 2. The lowest BCUT2D eigenvalue weighted by atomic mass is 9.64. The summed E-state index contributed by atoms with van der Waals surface area (Å²) < 4.78 is 3.03. The van der Waals surface area contributed by atoms with Gasteiger partial charge in [0.25, 0.3) is 0 Å². The highest BCUT2D eigenvalue weighted by atomic mass is 79.9. The summed E-state index contributed by atoms with van der Waals surface area (Å²) in [5.74, 6) is -0.111. The summed E-state index contributed by atoms with van der Waals surface area (Å²) in [6, 6.07) is 7.89. The van der Waals surface area contributed by atoms with Crippen LogP contribution in [0.4, 0.5) is 0 Å². The van der Waals surface area contributed by atoms with Gasteiger partial charge in [-0.1, -0.05) is 18.6 Å². The van der Waals surface area contributed by atoms with Crippen LogP contribution < -0.4 is 0 Å². The number of carboxylic acids is 1. The molecular weight excluding hydrogens is 344 g/mol. The molecule has 22 heavy (non-hydrogen) atoms. The second-order valence-corrected chi connectivity index (χ2v) is 7.21. The molecule has 114 valence electrons. The largest absolute Gasteiger partial charge is 0.481 e. The number of carbonyl (C=O) groups is 1. The molecule has 4 rings (SSSR count). The topological polar surface area (TPSA) is 55.1 Å². The maximum absolute atomic E-state index is 11.6. The Labute approximate surface area is 137 Å². The summed E-state index contributed by atoms with van der Waals surface area (Å²) in [6.07, 6.45) is 6.73. The van der Waals surface area contributed by atoms with Gasteiger partial charge in [-0.3, -0.25) is 4.79 Å². The van der Waals surface area contributed by atoms with Crippen LogP contribution in [0.1, 0.15) is 49.3 Å². The number of nitrogens with zero attached hydrogens (tertiary/aromatic N) is 2. The van der Waals surface area contributed by atoms with Gasteiger partial charge in [-0.25, -0.2) is 4.68 Å². The molecule has 1 heterocycles. The fraction of sp³-hybridized carbons (Fsp3) is 0.412. The Morgan fingerprint density at radius 1 is 1.27 bits per heavy atom. The number of aromatic nitrogens is 2. The fourth-order valence-corrected chi connectivity index (χ4v) is 3.93. The standard InChI is InChI=1S/C17H17BrN2O2/c18-14-10-19-20(15(14)11-2-3-11)13-6-4-12(5-7-13)17(16(21)22)8-1-9-17/h4-7,10-11H,1-3,8-9H2,(H,21,22). The molecular formula is C17H17BrN2O2. The normalized spacial score (nSPS) is 19.7. The molecule has 0 saturated heterocycles. The van der Waals surface area contributed by atoms with E-state index in [-0.39, 0.29) is 0 Å². The van der Waals surface area contributed by atoms with Crippen molar-refractivity contribution in [3.63, 3.8) is 0 Å². The van der Waals surface area contributed by atoms with Crippen LogP contribution in [-0.4, -0.2) is 20.9 Å². The average molecular weight is 361 g/mol. The van der Waals surface area contributed by atoms with Crippen LogP contribution in [0.2, 0.25) is 0 Å². The van der Waals surface area contributed by atoms with E-state index in [4.69, 9.17) is 0 Å². The van der Waals surface area contributed by atoms with E-state index in [1.807, 2.05) is 35.1 Å². The molecule has 1 N–H and O–H groups in total. The van der Waals surface area contributed by atoms with Gasteiger partial charge in [-0.15, -0.1) is 0 Å². The number of hydrogen-bond donors (Lipinski definition) is 1. The quantitative estimate of drug-likeness (QED) is 0.895. The molecule has 0 bridgehead atoms. The average Bonchev–Trinajstić information content (AvgIpc) is 3.21. The van der Waals surface area contributed by atoms with E-state index in [0.29, 0.717) is 5.92 Å². The van der Waals surface area contributed by atoms with Crippen molar-refractivity contribution in [1.82, 2.24) is 9.78 Å². The van der Waals surface area contributed by atoms with Gasteiger partial charge in [0.2, 0.25) is 0 Å². The van der Waals surface area contributed by atoms with Crippen LogP contribution in [0.3, 0.4) is 0 Å². The molecule has 0 amide bonds. The number of aliphatic carboxylic acids is 1. The molecule has 2 fully saturated rings. The summed E-state index contributed by atoms with van der Waals surface area (Å²) in [5, 5.41) is 14.0. The van der Waals surface area contributed by atoms with Gasteiger partial charge in [0.1, 0.15) is 0 Å². The molecule has 0 aliphatic heterocycles. The van der Waals surface area contributed by atoms with Crippen LogP contribution in [0.25, 0.3) is 5.69 Å². The van der Waals surface area contributed by atoms with Crippen LogP contribution in [-0.2, 0) is 10.2 Å². The fourth-order valence-electron chi connectivity index (χ4n) is 3.35. The first kappa shape index (κ1) is 14.0. The smallest absolute Gasteiger partial charge is 0.314 e. The third-order valence-electron chi connectivity index (χ3n) is 5.00. The second kappa shape index (κ2) is 4.95. The van der Waals surface area contributed by atoms with Crippen molar-refractivity contribution in [2.24, 2.45) is 0 Å². The first-order chi connectivity index (χ1) is 10.6. The summed E-state index contributed by atoms with van der Waals surface area (Å²) in [7, 11) is 0. The van der Waals surface area contributed by atoms with Crippen molar-refractivity contribution < 1.29 is 9.90 Å². The molecule has 1 aromatic heterocycles. The second-order valence-electron chi connectivity index (χ2n) is 6.35. The van der Waals surface area contributed by atoms with Crippen molar-refractivity contribution >= 4 is 21.9 Å². The molecule has 2 aromatic rings. The molecule has 4 nitrogen and oxygen atoms in total. The number of rotatable bonds is 4. The summed E-state index contributed by atoms with van der Waals surface area (Å²) in [5.41, 5.74) is 2.47. The predicted molar refractivity (Wildman–Crippen MR) is 86.4 cm³/mol. The predicted octanol–water partition coefficient (Wildman–Crippen LogP) is 4.02. The Balaban J connectivity index is 1.69. The first-order valence-electron chi connectivity index (χ1n) is 7.69. The maximum Gasteiger partial charge on any atom is 0.314 e. The van der Waals surface area contributed by atoms with Crippen molar-refractivity contribution in [3.05, 3.63) is 46.2 Å². The van der Waals surface area contributed by atoms with Gasteiger partial charge in [-0.2, -0.15) is 5.10 Å². The zero-order valence-corrected chi connectivity index (χ0v) is 13.7. The van der Waals surface area contributed by atoms with Crippen molar-refractivity contribution in [3.8, 4) is 5.69 Å². The Kier molecular flexibility index (Phi) is 3.15. The zero-order valence-electron chi connectivity index (χ0n) is 12.1. The monoisotopic (exact) mass is 360 g/mol. The van der Waals surface area contributed by atoms with E-state index in [9.17, 15) is 9.90 Å². The Morgan fingerprint density at radius 3 is 2.45 bits per heavy atom. The highest BCUT2D eigenvalue weighted by Gasteiger charge is 2.45. The van der Waals surface area contributed by atoms with E-state index >= 15 is 0 Å². The van der Waals surface area contributed by atoms with Gasteiger partial charge < -0.3 is 5.11 Å². The van der Waals surface area contributed by atoms with Crippen molar-refractivity contribution in [2.45, 2.75) is 43.4 Å². The summed E-state index contributed by atoms with van der Waals surface area (Å²) in [4.78, 5) is 11.6. The maximum atomic E-state index is 11.6. The molecule has 0 spiro atoms. The van der Waals surface area contributed by atoms with Crippen molar-refractivity contribution in [2.75, 3.05) is 0 Å². The van der Waals surface area contributed by atoms with Crippen molar-refractivity contribution in [1.29, 1.82) is 0 Å². The molecule has 0 radical (unpaired) electrons. The minimum Gasteiger partial charge on any atom is -0.481 e. The van der Waals surface area contributed by atoms with Gasteiger partial charge in [0.15, 0.2) is 0 Å². The molecule has 2 aliphatic rings. The third-order valence-corrected chi connectivity index (χ3v) is 5.62. The SMILES string of the molecule is O=C(O)C1(c2ccc(-n3ncc(Br)c3C3CC3)cc2)CCC1. The highest BCUT2D eigenvalue weighted by molar-refractivity contribution is 9.10. The summed E-state index contributed by atoms with van der Waals surface area (Å²) >= 11 is 3.58. The summed E-state index contributed by atoms with van der Waals surface area (Å²) in [6.45, 7) is 0. The lowest BCUT2D eigenvalue weighted by Crippen LogP contribution is -2.42. The zero-order chi connectivity index (χ0) is 15.3. The minimum absolute atomic E-state index is 0.591. The molecule has 0 unspecified atom stereocenters. The number of benzene rings is 1. The Morgan fingerprint density at radius 2 is 1.95 bits per heavy atom. The number of carboxylic acid groups (broad SMARTS) is 1. The van der Waals surface area contributed by atoms with Crippen LogP contribution in [0, 0.1) is 0 Å². The van der Waals surface area contributed by atoms with Crippen LogP contribution >= 0.6 is 15.9 Å². The van der Waals surface area contributed by atoms with Gasteiger partial charge in [0, 0.05) is 5.92 Å².